The Bertz CT molecular complexity index is 1770. The van der Waals surface area contributed by atoms with Crippen molar-refractivity contribution in [1.82, 2.24) is 20.3 Å². The molecule has 3 unspecified atom stereocenters. The molecule has 1 aliphatic carbocycles. The molecular formula is C39H51F3N4O5S. The number of sulfonamides is 1. The second-order valence-electron chi connectivity index (χ2n) is 15.3. The molecule has 52 heavy (non-hydrogen) atoms. The minimum Gasteiger partial charge on any atom is -0.390 e. The van der Waals surface area contributed by atoms with Crippen molar-refractivity contribution in [3.8, 4) is 0 Å². The van der Waals surface area contributed by atoms with Crippen LogP contribution in [0.4, 0.5) is 13.2 Å². The molecule has 1 aliphatic rings. The number of halogens is 3. The fourth-order valence-corrected chi connectivity index (χ4v) is 7.73. The number of carbonyl (C=O) groups is 2. The summed E-state index contributed by atoms with van der Waals surface area (Å²) in [5.74, 6) is -1.16. The topological polar surface area (TPSA) is 128 Å². The van der Waals surface area contributed by atoms with Crippen molar-refractivity contribution in [1.29, 1.82) is 0 Å². The molecule has 284 valence electrons. The lowest BCUT2D eigenvalue weighted by Crippen LogP contribution is -2.59. The minimum atomic E-state index is -4.50. The van der Waals surface area contributed by atoms with E-state index in [1.54, 1.807) is 39.0 Å². The van der Waals surface area contributed by atoms with E-state index in [1.165, 1.54) is 22.5 Å². The van der Waals surface area contributed by atoms with Crippen molar-refractivity contribution in [2.75, 3.05) is 19.6 Å². The van der Waals surface area contributed by atoms with Crippen molar-refractivity contribution < 1.29 is 36.3 Å². The molecule has 13 heteroatoms. The van der Waals surface area contributed by atoms with Gasteiger partial charge < -0.3 is 15.7 Å². The quantitative estimate of drug-likeness (QED) is 0.152. The Morgan fingerprint density at radius 1 is 0.904 bits per heavy atom. The van der Waals surface area contributed by atoms with Crippen LogP contribution in [0.3, 0.4) is 0 Å². The maximum Gasteiger partial charge on any atom is 0.416 e. The van der Waals surface area contributed by atoms with Gasteiger partial charge in [0.25, 0.3) is 0 Å². The van der Waals surface area contributed by atoms with Crippen molar-refractivity contribution >= 4 is 21.8 Å². The van der Waals surface area contributed by atoms with Gasteiger partial charge in [0.15, 0.2) is 0 Å². The third kappa shape index (κ3) is 10.9. The largest absolute Gasteiger partial charge is 0.416 e. The summed E-state index contributed by atoms with van der Waals surface area (Å²) >= 11 is 0. The van der Waals surface area contributed by atoms with Gasteiger partial charge in [0, 0.05) is 18.6 Å². The first-order chi connectivity index (χ1) is 24.2. The monoisotopic (exact) mass is 744 g/mol. The number of aliphatic hydroxyl groups excluding tert-OH is 1. The first-order valence-corrected chi connectivity index (χ1v) is 19.0. The summed E-state index contributed by atoms with van der Waals surface area (Å²) in [7, 11) is -4.00. The summed E-state index contributed by atoms with van der Waals surface area (Å²) in [5, 5.41) is 20.5. The van der Waals surface area contributed by atoms with Crippen molar-refractivity contribution in [3.63, 3.8) is 0 Å². The van der Waals surface area contributed by atoms with E-state index in [9.17, 15) is 36.3 Å². The zero-order valence-corrected chi connectivity index (χ0v) is 31.4. The molecule has 0 aliphatic heterocycles. The molecule has 4 rings (SSSR count). The van der Waals surface area contributed by atoms with E-state index in [0.717, 1.165) is 23.3 Å². The molecule has 3 aromatic carbocycles. The SMILES string of the molecule is Cc1ccc(S(=O)(=O)N(CC(C)C)CC(O)C(Cc2ccccc2)NC(=O)C(NC(=O)CNC2(c3cccc(C(F)(F)F)c3)CC2)C(C)(C)C)cc1. The second-order valence-corrected chi connectivity index (χ2v) is 17.2. The van der Waals surface area contributed by atoms with Crippen LogP contribution in [0.25, 0.3) is 0 Å². The number of hydrogen-bond donors (Lipinski definition) is 4. The molecule has 0 spiro atoms. The van der Waals surface area contributed by atoms with Gasteiger partial charge in [0.1, 0.15) is 6.04 Å². The molecule has 3 aromatic rings. The van der Waals surface area contributed by atoms with Gasteiger partial charge in [-0.1, -0.05) is 94.8 Å². The molecule has 0 saturated heterocycles. The molecule has 2 amide bonds. The average Bonchev–Trinajstić information content (AvgIpc) is 3.86. The highest BCUT2D eigenvalue weighted by atomic mass is 32.2. The van der Waals surface area contributed by atoms with Gasteiger partial charge in [-0.25, -0.2) is 8.42 Å². The van der Waals surface area contributed by atoms with E-state index in [0.29, 0.717) is 18.4 Å². The third-order valence-electron chi connectivity index (χ3n) is 9.22. The van der Waals surface area contributed by atoms with Gasteiger partial charge in [-0.2, -0.15) is 17.5 Å². The van der Waals surface area contributed by atoms with Crippen LogP contribution in [-0.2, 0) is 37.7 Å². The van der Waals surface area contributed by atoms with Crippen LogP contribution in [0.5, 0.6) is 0 Å². The zero-order valence-electron chi connectivity index (χ0n) is 30.6. The Kier molecular flexibility index (Phi) is 13.0. The van der Waals surface area contributed by atoms with Crippen LogP contribution in [0.1, 0.15) is 69.7 Å². The molecule has 3 atom stereocenters. The number of rotatable bonds is 16. The first kappa shape index (κ1) is 41.0. The Labute approximate surface area is 305 Å². The predicted octanol–water partition coefficient (Wildman–Crippen LogP) is 5.56. The van der Waals surface area contributed by atoms with Crippen LogP contribution in [0, 0.1) is 18.3 Å². The Balaban J connectivity index is 1.52. The standard InChI is InChI=1S/C39H51F3N4O5S/c1-26(2)24-46(52(50,51)31-17-15-27(3)16-18-31)25-33(47)32(21-28-11-8-7-9-12-28)44-36(49)35(37(4,5)6)45-34(48)23-43-38(19-20-38)29-13-10-14-30(22-29)39(40,41)42/h7-18,22,26,32-33,35,43,47H,19-21,23-25H2,1-6H3,(H,44,49)(H,45,48). The van der Waals surface area contributed by atoms with Gasteiger partial charge in [0.2, 0.25) is 21.8 Å². The van der Waals surface area contributed by atoms with E-state index in [2.05, 4.69) is 16.0 Å². The molecule has 0 radical (unpaired) electrons. The molecule has 9 nitrogen and oxygen atoms in total. The Morgan fingerprint density at radius 3 is 2.10 bits per heavy atom. The molecular weight excluding hydrogens is 694 g/mol. The number of hydrogen-bond acceptors (Lipinski definition) is 6. The summed E-state index contributed by atoms with van der Waals surface area (Å²) in [6.45, 7) is 10.5. The zero-order chi connectivity index (χ0) is 38.5. The van der Waals surface area contributed by atoms with Crippen LogP contribution in [-0.4, -0.2) is 67.5 Å². The number of nitrogens with one attached hydrogen (secondary N) is 3. The van der Waals surface area contributed by atoms with Gasteiger partial charge in [-0.3, -0.25) is 14.9 Å². The number of nitrogens with zero attached hydrogens (tertiary/aromatic N) is 1. The fraction of sp³-hybridized carbons (Fsp3) is 0.487. The molecule has 1 saturated carbocycles. The molecule has 0 aromatic heterocycles. The third-order valence-corrected chi connectivity index (χ3v) is 11.1. The predicted molar refractivity (Wildman–Crippen MR) is 195 cm³/mol. The van der Waals surface area contributed by atoms with Gasteiger partial charge in [-0.15, -0.1) is 0 Å². The highest BCUT2D eigenvalue weighted by Gasteiger charge is 2.45. The smallest absolute Gasteiger partial charge is 0.390 e. The van der Waals surface area contributed by atoms with Crippen molar-refractivity contribution in [2.45, 2.75) is 95.6 Å². The number of aryl methyl sites for hydroxylation is 1. The maximum absolute atomic E-state index is 14.0. The van der Waals surface area contributed by atoms with Crippen LogP contribution in [0.15, 0.2) is 83.8 Å². The van der Waals surface area contributed by atoms with E-state index in [1.807, 2.05) is 51.1 Å². The lowest BCUT2D eigenvalue weighted by molar-refractivity contribution is -0.137. The van der Waals surface area contributed by atoms with Crippen LogP contribution >= 0.6 is 0 Å². The number of aliphatic hydroxyl groups is 1. The number of alkyl halides is 3. The van der Waals surface area contributed by atoms with E-state index < -0.39 is 62.7 Å². The Hall–Kier alpha value is -3.78. The van der Waals surface area contributed by atoms with Crippen molar-refractivity contribution in [2.24, 2.45) is 11.3 Å². The summed E-state index contributed by atoms with van der Waals surface area (Å²) in [4.78, 5) is 27.4. The van der Waals surface area contributed by atoms with Gasteiger partial charge in [0.05, 0.1) is 29.1 Å². The molecule has 4 N–H and O–H groups in total. The van der Waals surface area contributed by atoms with Crippen LogP contribution < -0.4 is 16.0 Å². The first-order valence-electron chi connectivity index (χ1n) is 17.5. The average molecular weight is 745 g/mol. The second kappa shape index (κ2) is 16.5. The lowest BCUT2D eigenvalue weighted by atomic mass is 9.85. The lowest BCUT2D eigenvalue weighted by Gasteiger charge is -2.34. The maximum atomic E-state index is 14.0. The fourth-order valence-electron chi connectivity index (χ4n) is 6.11. The summed E-state index contributed by atoms with van der Waals surface area (Å²) in [5.41, 5.74) is -0.191. The summed E-state index contributed by atoms with van der Waals surface area (Å²) in [6.07, 6.45) is -4.54. The van der Waals surface area contributed by atoms with Gasteiger partial charge >= 0.3 is 6.18 Å². The van der Waals surface area contributed by atoms with E-state index >= 15 is 0 Å². The van der Waals surface area contributed by atoms with Crippen molar-refractivity contribution in [3.05, 3.63) is 101 Å². The highest BCUT2D eigenvalue weighted by molar-refractivity contribution is 7.89. The van der Waals surface area contributed by atoms with E-state index in [4.69, 9.17) is 0 Å². The minimum absolute atomic E-state index is 0.0629. The number of carbonyl (C=O) groups excluding carboxylic acids is 2. The molecule has 0 heterocycles. The number of benzene rings is 3. The van der Waals surface area contributed by atoms with Gasteiger partial charge in [-0.05, 0) is 72.9 Å². The molecule has 0 bridgehead atoms. The molecule has 1 fully saturated rings. The number of amides is 2. The summed E-state index contributed by atoms with van der Waals surface area (Å²) in [6, 6.07) is 18.7. The highest BCUT2D eigenvalue weighted by Crippen LogP contribution is 2.46. The van der Waals surface area contributed by atoms with E-state index in [-0.39, 0.29) is 36.9 Å². The Morgan fingerprint density at radius 2 is 1.54 bits per heavy atom. The summed E-state index contributed by atoms with van der Waals surface area (Å²) < 4.78 is 68.9. The van der Waals surface area contributed by atoms with Crippen LogP contribution in [0.2, 0.25) is 0 Å². The normalized spacial score (nSPS) is 16.3.